The number of hydrogen-bond donors (Lipinski definition) is 0. The Balaban J connectivity index is 1.46. The van der Waals surface area contributed by atoms with E-state index in [1.807, 2.05) is 6.92 Å². The second-order valence-electron chi connectivity index (χ2n) is 7.08. The maximum atomic E-state index is 12.0. The van der Waals surface area contributed by atoms with Gasteiger partial charge in [0.2, 0.25) is 0 Å². The minimum Gasteiger partial charge on any atom is -0.466 e. The van der Waals surface area contributed by atoms with Crippen LogP contribution in [0.15, 0.2) is 30.3 Å². The molecule has 2 fully saturated rings. The minimum atomic E-state index is 0.00344. The van der Waals surface area contributed by atoms with Crippen molar-refractivity contribution in [2.24, 2.45) is 5.92 Å². The summed E-state index contributed by atoms with van der Waals surface area (Å²) >= 11 is 0. The molecule has 2 saturated heterocycles. The van der Waals surface area contributed by atoms with Crippen LogP contribution in [0.25, 0.3) is 0 Å². The van der Waals surface area contributed by atoms with Gasteiger partial charge in [-0.2, -0.15) is 0 Å². The molecular weight excluding hydrogens is 300 g/mol. The number of esters is 1. The van der Waals surface area contributed by atoms with Gasteiger partial charge in [0, 0.05) is 19.1 Å². The molecule has 0 aromatic heterocycles. The Kier molecular flexibility index (Phi) is 6.27. The zero-order chi connectivity index (χ0) is 16.8. The van der Waals surface area contributed by atoms with Crippen molar-refractivity contribution in [1.29, 1.82) is 0 Å². The van der Waals surface area contributed by atoms with Crippen LogP contribution in [-0.2, 0) is 16.1 Å². The predicted octanol–water partition coefficient (Wildman–Crippen LogP) is 2.93. The molecule has 0 bridgehead atoms. The van der Waals surface area contributed by atoms with Gasteiger partial charge in [0.1, 0.15) is 0 Å². The van der Waals surface area contributed by atoms with E-state index in [2.05, 4.69) is 40.1 Å². The van der Waals surface area contributed by atoms with Gasteiger partial charge < -0.3 is 4.74 Å². The lowest BCUT2D eigenvalue weighted by Gasteiger charge is -2.41. The zero-order valence-corrected chi connectivity index (χ0v) is 14.8. The number of likely N-dealkylation sites (tertiary alicyclic amines) is 2. The van der Waals surface area contributed by atoms with E-state index in [-0.39, 0.29) is 11.9 Å². The van der Waals surface area contributed by atoms with Crippen molar-refractivity contribution >= 4 is 5.97 Å². The van der Waals surface area contributed by atoms with E-state index in [0.717, 1.165) is 45.6 Å². The molecule has 3 rings (SSSR count). The number of carbonyl (C=O) groups excluding carboxylic acids is 1. The molecule has 4 heteroatoms. The summed E-state index contributed by atoms with van der Waals surface area (Å²) in [7, 11) is 0. The summed E-state index contributed by atoms with van der Waals surface area (Å²) < 4.78 is 5.23. The van der Waals surface area contributed by atoms with Crippen LogP contribution in [0.1, 0.15) is 38.2 Å². The van der Waals surface area contributed by atoms with E-state index in [0.29, 0.717) is 12.6 Å². The number of ether oxygens (including phenoxy) is 1. The fraction of sp³-hybridized carbons (Fsp3) is 0.650. The molecule has 4 nitrogen and oxygen atoms in total. The average molecular weight is 330 g/mol. The van der Waals surface area contributed by atoms with Gasteiger partial charge in [-0.25, -0.2) is 0 Å². The molecule has 0 spiro atoms. The smallest absolute Gasteiger partial charge is 0.310 e. The van der Waals surface area contributed by atoms with Gasteiger partial charge in [-0.15, -0.1) is 0 Å². The first kappa shape index (κ1) is 17.4. The Morgan fingerprint density at radius 1 is 1.12 bits per heavy atom. The third kappa shape index (κ3) is 4.58. The summed E-state index contributed by atoms with van der Waals surface area (Å²) in [5, 5.41) is 0. The van der Waals surface area contributed by atoms with Crippen LogP contribution in [0, 0.1) is 5.92 Å². The Morgan fingerprint density at radius 2 is 1.88 bits per heavy atom. The highest BCUT2D eigenvalue weighted by Crippen LogP contribution is 2.25. The first-order valence-corrected chi connectivity index (χ1v) is 9.43. The Labute approximate surface area is 145 Å². The van der Waals surface area contributed by atoms with Gasteiger partial charge in [0.05, 0.1) is 12.5 Å². The van der Waals surface area contributed by atoms with Gasteiger partial charge in [0.25, 0.3) is 0 Å². The summed E-state index contributed by atoms with van der Waals surface area (Å²) in [5.41, 5.74) is 1.40. The van der Waals surface area contributed by atoms with Crippen molar-refractivity contribution in [3.8, 4) is 0 Å². The van der Waals surface area contributed by atoms with Gasteiger partial charge >= 0.3 is 5.97 Å². The third-order valence-electron chi connectivity index (χ3n) is 5.40. The molecule has 1 aromatic rings. The molecule has 0 unspecified atom stereocenters. The topological polar surface area (TPSA) is 32.8 Å². The van der Waals surface area contributed by atoms with Crippen LogP contribution >= 0.6 is 0 Å². The van der Waals surface area contributed by atoms with Crippen LogP contribution < -0.4 is 0 Å². The molecule has 2 aliphatic rings. The lowest BCUT2D eigenvalue weighted by Crippen LogP contribution is -2.49. The third-order valence-corrected chi connectivity index (χ3v) is 5.40. The summed E-state index contributed by atoms with van der Waals surface area (Å²) in [4.78, 5) is 17.1. The van der Waals surface area contributed by atoms with E-state index in [1.165, 1.54) is 18.4 Å². The van der Waals surface area contributed by atoms with Crippen LogP contribution in [-0.4, -0.2) is 54.6 Å². The van der Waals surface area contributed by atoms with E-state index in [1.54, 1.807) is 0 Å². The summed E-state index contributed by atoms with van der Waals surface area (Å²) in [6.45, 7) is 7.77. The van der Waals surface area contributed by atoms with Gasteiger partial charge in [-0.3, -0.25) is 14.6 Å². The normalized spacial score (nSPS) is 24.0. The van der Waals surface area contributed by atoms with Crippen molar-refractivity contribution in [2.75, 3.05) is 32.8 Å². The second kappa shape index (κ2) is 8.63. The summed E-state index contributed by atoms with van der Waals surface area (Å²) in [6.07, 6.45) is 4.53. The molecule has 0 aliphatic carbocycles. The largest absolute Gasteiger partial charge is 0.466 e. The quantitative estimate of drug-likeness (QED) is 0.777. The van der Waals surface area contributed by atoms with Crippen molar-refractivity contribution in [1.82, 2.24) is 9.80 Å². The Hall–Kier alpha value is -1.39. The lowest BCUT2D eigenvalue weighted by atomic mass is 9.94. The Bertz CT molecular complexity index is 512. The monoisotopic (exact) mass is 330 g/mol. The van der Waals surface area contributed by atoms with E-state index < -0.39 is 0 Å². The molecular formula is C20H30N2O2. The summed E-state index contributed by atoms with van der Waals surface area (Å²) in [5.74, 6) is 0.0877. The fourth-order valence-corrected chi connectivity index (χ4v) is 4.07. The minimum absolute atomic E-state index is 0.00344. The van der Waals surface area contributed by atoms with Crippen molar-refractivity contribution in [3.63, 3.8) is 0 Å². The highest BCUT2D eigenvalue weighted by Gasteiger charge is 2.32. The molecule has 0 N–H and O–H groups in total. The SMILES string of the molecule is CCOC(=O)[C@H]1CCCN(C2CCN(Cc3ccccc3)CC2)C1. The first-order valence-electron chi connectivity index (χ1n) is 9.43. The lowest BCUT2D eigenvalue weighted by molar-refractivity contribution is -0.150. The maximum absolute atomic E-state index is 12.0. The maximum Gasteiger partial charge on any atom is 0.310 e. The van der Waals surface area contributed by atoms with Crippen molar-refractivity contribution in [3.05, 3.63) is 35.9 Å². The molecule has 1 aromatic carbocycles. The molecule has 0 radical (unpaired) electrons. The number of piperidine rings is 2. The molecule has 2 heterocycles. The van der Waals surface area contributed by atoms with Gasteiger partial charge in [0.15, 0.2) is 0 Å². The van der Waals surface area contributed by atoms with Crippen molar-refractivity contribution in [2.45, 2.75) is 45.2 Å². The number of benzene rings is 1. The fourth-order valence-electron chi connectivity index (χ4n) is 4.07. The van der Waals surface area contributed by atoms with Gasteiger partial charge in [-0.1, -0.05) is 30.3 Å². The average Bonchev–Trinajstić information content (AvgIpc) is 2.63. The molecule has 0 saturated carbocycles. The molecule has 1 atom stereocenters. The summed E-state index contributed by atoms with van der Waals surface area (Å²) in [6, 6.07) is 11.4. The highest BCUT2D eigenvalue weighted by molar-refractivity contribution is 5.72. The zero-order valence-electron chi connectivity index (χ0n) is 14.8. The van der Waals surface area contributed by atoms with Crippen LogP contribution in [0.3, 0.4) is 0 Å². The molecule has 2 aliphatic heterocycles. The molecule has 0 amide bonds. The van der Waals surface area contributed by atoms with Crippen molar-refractivity contribution < 1.29 is 9.53 Å². The number of hydrogen-bond acceptors (Lipinski definition) is 4. The van der Waals surface area contributed by atoms with Gasteiger partial charge in [-0.05, 0) is 57.8 Å². The van der Waals surface area contributed by atoms with E-state index in [4.69, 9.17) is 4.74 Å². The second-order valence-corrected chi connectivity index (χ2v) is 7.08. The van der Waals surface area contributed by atoms with Crippen LogP contribution in [0.4, 0.5) is 0 Å². The number of rotatable bonds is 5. The Morgan fingerprint density at radius 3 is 2.58 bits per heavy atom. The first-order chi connectivity index (χ1) is 11.8. The molecule has 24 heavy (non-hydrogen) atoms. The van der Waals surface area contributed by atoms with Crippen LogP contribution in [0.5, 0.6) is 0 Å². The standard InChI is InChI=1S/C20H30N2O2/c1-2-24-20(23)18-9-6-12-22(16-18)19-10-13-21(14-11-19)15-17-7-4-3-5-8-17/h3-5,7-8,18-19H,2,6,9-16H2,1H3/t18-/m0/s1. The van der Waals surface area contributed by atoms with Crippen LogP contribution in [0.2, 0.25) is 0 Å². The number of nitrogens with zero attached hydrogens (tertiary/aromatic N) is 2. The van der Waals surface area contributed by atoms with E-state index in [9.17, 15) is 4.79 Å². The van der Waals surface area contributed by atoms with E-state index >= 15 is 0 Å². The number of carbonyl (C=O) groups is 1. The molecule has 132 valence electrons. The highest BCUT2D eigenvalue weighted by atomic mass is 16.5. The predicted molar refractivity (Wildman–Crippen MR) is 95.7 cm³/mol.